The monoisotopic (exact) mass is 328 g/mol. The van der Waals surface area contributed by atoms with Crippen LogP contribution in [0.3, 0.4) is 0 Å². The van der Waals surface area contributed by atoms with E-state index in [1.54, 1.807) is 6.20 Å². The second-order valence-corrected chi connectivity index (χ2v) is 6.55. The van der Waals surface area contributed by atoms with E-state index in [0.29, 0.717) is 5.75 Å². The fourth-order valence-corrected chi connectivity index (χ4v) is 3.31. The molecule has 0 radical (unpaired) electrons. The molecule has 6 heteroatoms. The maximum Gasteiger partial charge on any atom is 0.232 e. The van der Waals surface area contributed by atoms with Crippen molar-refractivity contribution in [3.8, 4) is 11.4 Å². The summed E-state index contributed by atoms with van der Waals surface area (Å²) in [4.78, 5) is 18.5. The lowest BCUT2D eigenvalue weighted by atomic mass is 10.2. The third-order valence-electron chi connectivity index (χ3n) is 3.87. The Bertz CT molecular complexity index is 625. The smallest absolute Gasteiger partial charge is 0.232 e. The molecule has 0 aromatic carbocycles. The van der Waals surface area contributed by atoms with Crippen LogP contribution in [0, 0.1) is 0 Å². The molecule has 1 aliphatic heterocycles. The minimum Gasteiger partial charge on any atom is -0.342 e. The molecule has 23 heavy (non-hydrogen) atoms. The summed E-state index contributed by atoms with van der Waals surface area (Å²) < 4.78 is 0. The first-order valence-electron chi connectivity index (χ1n) is 7.98. The van der Waals surface area contributed by atoms with Crippen LogP contribution in [0.2, 0.25) is 0 Å². The normalized spacial score (nSPS) is 15.2. The molecule has 2 aromatic rings. The van der Waals surface area contributed by atoms with Gasteiger partial charge in [-0.2, -0.15) is 0 Å². The zero-order chi connectivity index (χ0) is 15.9. The molecular weight excluding hydrogens is 308 g/mol. The number of hydrogen-bond donors (Lipinski definition) is 0. The van der Waals surface area contributed by atoms with Crippen LogP contribution in [0.15, 0.2) is 41.6 Å². The zero-order valence-electron chi connectivity index (χ0n) is 13.0. The highest BCUT2D eigenvalue weighted by Crippen LogP contribution is 2.19. The molecule has 0 bridgehead atoms. The van der Waals surface area contributed by atoms with Crippen LogP contribution in [0.1, 0.15) is 25.7 Å². The second-order valence-electron chi connectivity index (χ2n) is 5.56. The lowest BCUT2D eigenvalue weighted by Crippen LogP contribution is -2.33. The summed E-state index contributed by atoms with van der Waals surface area (Å²) in [5.41, 5.74) is 1.55. The Morgan fingerprint density at radius 2 is 1.83 bits per heavy atom. The van der Waals surface area contributed by atoms with Crippen molar-refractivity contribution in [2.45, 2.75) is 30.7 Å². The van der Waals surface area contributed by atoms with Crippen molar-refractivity contribution in [2.24, 2.45) is 0 Å². The fraction of sp³-hybridized carbons (Fsp3) is 0.412. The summed E-state index contributed by atoms with van der Waals surface area (Å²) in [6.45, 7) is 1.79. The molecule has 0 aliphatic carbocycles. The molecule has 0 saturated carbocycles. The van der Waals surface area contributed by atoms with Gasteiger partial charge in [0.1, 0.15) is 10.7 Å². The van der Waals surface area contributed by atoms with E-state index in [2.05, 4.69) is 15.2 Å². The second kappa shape index (κ2) is 8.06. The average Bonchev–Trinajstić information content (AvgIpc) is 2.90. The van der Waals surface area contributed by atoms with E-state index in [9.17, 15) is 4.79 Å². The third kappa shape index (κ3) is 4.51. The van der Waals surface area contributed by atoms with Crippen molar-refractivity contribution in [3.63, 3.8) is 0 Å². The third-order valence-corrected chi connectivity index (χ3v) is 4.77. The highest BCUT2D eigenvalue weighted by atomic mass is 32.2. The fourth-order valence-electron chi connectivity index (χ4n) is 2.59. The molecule has 0 unspecified atom stereocenters. The molecule has 120 valence electrons. The van der Waals surface area contributed by atoms with Gasteiger partial charge in [-0.05, 0) is 37.1 Å². The van der Waals surface area contributed by atoms with E-state index in [0.717, 1.165) is 42.3 Å². The first kappa shape index (κ1) is 15.9. The van der Waals surface area contributed by atoms with E-state index in [1.807, 2.05) is 35.2 Å². The van der Waals surface area contributed by atoms with Crippen molar-refractivity contribution in [3.05, 3.63) is 36.5 Å². The van der Waals surface area contributed by atoms with Gasteiger partial charge in [-0.15, -0.1) is 10.2 Å². The van der Waals surface area contributed by atoms with E-state index >= 15 is 0 Å². The molecule has 0 spiro atoms. The van der Waals surface area contributed by atoms with Crippen LogP contribution in [0.5, 0.6) is 0 Å². The Hall–Kier alpha value is -1.95. The first-order chi connectivity index (χ1) is 11.3. The molecule has 2 aromatic heterocycles. The summed E-state index contributed by atoms with van der Waals surface area (Å²) in [5.74, 6) is 0.630. The van der Waals surface area contributed by atoms with Crippen molar-refractivity contribution >= 4 is 17.7 Å². The number of nitrogens with zero attached hydrogens (tertiary/aromatic N) is 4. The van der Waals surface area contributed by atoms with E-state index in [1.165, 1.54) is 24.6 Å². The number of likely N-dealkylation sites (tertiary alicyclic amines) is 1. The number of amides is 1. The molecule has 5 nitrogen and oxygen atoms in total. The Morgan fingerprint density at radius 3 is 2.48 bits per heavy atom. The van der Waals surface area contributed by atoms with E-state index < -0.39 is 0 Å². The zero-order valence-corrected chi connectivity index (χ0v) is 13.8. The number of thioether (sulfide) groups is 1. The summed E-state index contributed by atoms with van der Waals surface area (Å²) in [5, 5.41) is 9.16. The first-order valence-corrected chi connectivity index (χ1v) is 8.97. The highest BCUT2D eigenvalue weighted by Gasteiger charge is 2.15. The predicted molar refractivity (Wildman–Crippen MR) is 91.0 cm³/mol. The number of rotatable bonds is 4. The van der Waals surface area contributed by atoms with E-state index in [-0.39, 0.29) is 5.91 Å². The van der Waals surface area contributed by atoms with Gasteiger partial charge < -0.3 is 4.90 Å². The van der Waals surface area contributed by atoms with Gasteiger partial charge in [-0.25, -0.2) is 0 Å². The van der Waals surface area contributed by atoms with Gasteiger partial charge in [0.05, 0.1) is 11.4 Å². The highest BCUT2D eigenvalue weighted by molar-refractivity contribution is 7.99. The molecule has 3 heterocycles. The summed E-state index contributed by atoms with van der Waals surface area (Å²) in [7, 11) is 0. The lowest BCUT2D eigenvalue weighted by molar-refractivity contribution is -0.128. The Balaban J connectivity index is 1.55. The van der Waals surface area contributed by atoms with Crippen LogP contribution in [-0.2, 0) is 4.79 Å². The number of carbonyl (C=O) groups excluding carboxylic acids is 1. The molecular formula is C17H20N4OS. The van der Waals surface area contributed by atoms with Crippen molar-refractivity contribution < 1.29 is 4.79 Å². The molecule has 0 atom stereocenters. The molecule has 3 rings (SSSR count). The Kier molecular flexibility index (Phi) is 5.58. The molecule has 1 amide bonds. The standard InChI is InChI=1S/C17H20N4OS/c22-17(21-11-5-1-2-6-12-21)13-23-16-9-8-15(19-20-16)14-7-3-4-10-18-14/h3-4,7-10H,1-2,5-6,11-13H2. The molecule has 1 fully saturated rings. The molecule has 1 saturated heterocycles. The summed E-state index contributed by atoms with van der Waals surface area (Å²) >= 11 is 1.45. The van der Waals surface area contributed by atoms with Gasteiger partial charge in [0.25, 0.3) is 0 Å². The van der Waals surface area contributed by atoms with Gasteiger partial charge in [0.2, 0.25) is 5.91 Å². The lowest BCUT2D eigenvalue weighted by Gasteiger charge is -2.19. The minimum absolute atomic E-state index is 0.201. The van der Waals surface area contributed by atoms with Gasteiger partial charge in [-0.1, -0.05) is 30.7 Å². The minimum atomic E-state index is 0.201. The number of pyridine rings is 1. The Morgan fingerprint density at radius 1 is 1.00 bits per heavy atom. The van der Waals surface area contributed by atoms with Gasteiger partial charge in [0.15, 0.2) is 0 Å². The van der Waals surface area contributed by atoms with Crippen LogP contribution in [0.25, 0.3) is 11.4 Å². The van der Waals surface area contributed by atoms with Crippen molar-refractivity contribution in [2.75, 3.05) is 18.8 Å². The predicted octanol–water partition coefficient (Wildman–Crippen LogP) is 3.03. The summed E-state index contributed by atoms with van der Waals surface area (Å²) in [6.07, 6.45) is 6.44. The van der Waals surface area contributed by atoms with Crippen molar-refractivity contribution in [1.29, 1.82) is 0 Å². The molecule has 0 N–H and O–H groups in total. The van der Waals surface area contributed by atoms with Crippen LogP contribution < -0.4 is 0 Å². The topological polar surface area (TPSA) is 59.0 Å². The van der Waals surface area contributed by atoms with Gasteiger partial charge in [0, 0.05) is 19.3 Å². The molecule has 1 aliphatic rings. The maximum atomic E-state index is 12.3. The maximum absolute atomic E-state index is 12.3. The van der Waals surface area contributed by atoms with Gasteiger partial charge in [-0.3, -0.25) is 9.78 Å². The van der Waals surface area contributed by atoms with E-state index in [4.69, 9.17) is 0 Å². The summed E-state index contributed by atoms with van der Waals surface area (Å²) in [6, 6.07) is 9.49. The van der Waals surface area contributed by atoms with Crippen molar-refractivity contribution in [1.82, 2.24) is 20.1 Å². The SMILES string of the molecule is O=C(CSc1ccc(-c2ccccn2)nn1)N1CCCCCC1. The van der Waals surface area contributed by atoms with Crippen LogP contribution in [-0.4, -0.2) is 44.8 Å². The largest absolute Gasteiger partial charge is 0.342 e. The Labute approximate surface area is 140 Å². The quantitative estimate of drug-likeness (QED) is 0.807. The van der Waals surface area contributed by atoms with Crippen LogP contribution >= 0.6 is 11.8 Å². The number of hydrogen-bond acceptors (Lipinski definition) is 5. The number of carbonyl (C=O) groups is 1. The van der Waals surface area contributed by atoms with Gasteiger partial charge >= 0.3 is 0 Å². The number of aromatic nitrogens is 3. The average molecular weight is 328 g/mol. The van der Waals surface area contributed by atoms with Crippen LogP contribution in [0.4, 0.5) is 0 Å².